The highest BCUT2D eigenvalue weighted by atomic mass is 35.5. The zero-order chi connectivity index (χ0) is 21.7. The Morgan fingerprint density at radius 2 is 1.94 bits per heavy atom. The molecule has 0 saturated heterocycles. The van der Waals surface area contributed by atoms with Crippen molar-refractivity contribution >= 4 is 44.9 Å². The molecule has 7 heteroatoms. The van der Waals surface area contributed by atoms with E-state index in [4.69, 9.17) is 21.1 Å². The van der Waals surface area contributed by atoms with E-state index in [-0.39, 0.29) is 17.6 Å². The monoisotopic (exact) mass is 436 g/mol. The van der Waals surface area contributed by atoms with E-state index >= 15 is 0 Å². The second kappa shape index (κ2) is 7.39. The summed E-state index contributed by atoms with van der Waals surface area (Å²) in [5.74, 6) is 1.55. The Kier molecular flexibility index (Phi) is 4.67. The number of halogens is 1. The number of aromatic amines is 1. The number of hydrogen-bond acceptors (Lipinski definition) is 4. The Balaban J connectivity index is 1.63. The van der Waals surface area contributed by atoms with Gasteiger partial charge in [0, 0.05) is 41.2 Å². The van der Waals surface area contributed by atoms with Crippen LogP contribution in [0.4, 0.5) is 5.69 Å². The first-order chi connectivity index (χ1) is 15.0. The van der Waals surface area contributed by atoms with E-state index in [1.807, 2.05) is 30.3 Å². The summed E-state index contributed by atoms with van der Waals surface area (Å²) in [5, 5.41) is 13.1. The standard InChI is InChI=1S/C24H21ClN2O4/c1-30-15-7-13-8-18(26-23(13)21(9-15)31-2)24(29)27-12-14(11-25)22-17-6-4-3-5-16(17)20(28)10-19(22)27/h3-10,14,26,28H,11-12H2,1-2H3. The average Bonchev–Trinajstić information content (AvgIpc) is 3.39. The minimum Gasteiger partial charge on any atom is -0.507 e. The average molecular weight is 437 g/mol. The number of nitrogens with one attached hydrogen (secondary N) is 1. The van der Waals surface area contributed by atoms with E-state index in [1.54, 1.807) is 37.3 Å². The third-order valence-corrected chi connectivity index (χ3v) is 6.30. The van der Waals surface area contributed by atoms with Crippen LogP contribution < -0.4 is 14.4 Å². The van der Waals surface area contributed by atoms with Crippen LogP contribution in [0.25, 0.3) is 21.7 Å². The van der Waals surface area contributed by atoms with Crippen LogP contribution in [0, 0.1) is 0 Å². The van der Waals surface area contributed by atoms with Gasteiger partial charge < -0.3 is 24.5 Å². The number of hydrogen-bond donors (Lipinski definition) is 2. The number of amides is 1. The van der Waals surface area contributed by atoms with Gasteiger partial charge in [-0.05, 0) is 23.1 Å². The van der Waals surface area contributed by atoms with Crippen molar-refractivity contribution in [2.75, 3.05) is 31.5 Å². The molecule has 1 aromatic heterocycles. The fourth-order valence-electron chi connectivity index (χ4n) is 4.47. The van der Waals surface area contributed by atoms with Crippen molar-refractivity contribution in [1.82, 2.24) is 4.98 Å². The number of aromatic hydroxyl groups is 1. The number of ether oxygens (including phenoxy) is 2. The highest BCUT2D eigenvalue weighted by Gasteiger charge is 2.35. The van der Waals surface area contributed by atoms with E-state index in [2.05, 4.69) is 4.98 Å². The van der Waals surface area contributed by atoms with Gasteiger partial charge in [0.05, 0.1) is 25.4 Å². The van der Waals surface area contributed by atoms with Gasteiger partial charge in [-0.2, -0.15) is 0 Å². The van der Waals surface area contributed by atoms with Crippen molar-refractivity contribution in [2.45, 2.75) is 5.92 Å². The maximum absolute atomic E-state index is 13.5. The number of phenolic OH excluding ortho intramolecular Hbond substituents is 1. The summed E-state index contributed by atoms with van der Waals surface area (Å²) in [6.07, 6.45) is 0. The number of H-pyrrole nitrogens is 1. The molecule has 1 unspecified atom stereocenters. The first kappa shape index (κ1) is 19.6. The lowest BCUT2D eigenvalue weighted by Crippen LogP contribution is -2.30. The lowest BCUT2D eigenvalue weighted by Gasteiger charge is -2.17. The van der Waals surface area contributed by atoms with Gasteiger partial charge >= 0.3 is 0 Å². The summed E-state index contributed by atoms with van der Waals surface area (Å²) < 4.78 is 10.8. The van der Waals surface area contributed by atoms with Crippen molar-refractivity contribution in [3.8, 4) is 17.2 Å². The molecule has 0 saturated carbocycles. The number of benzene rings is 3. The quantitative estimate of drug-likeness (QED) is 0.440. The normalized spacial score (nSPS) is 15.5. The molecule has 1 atom stereocenters. The van der Waals surface area contributed by atoms with Gasteiger partial charge in [-0.25, -0.2) is 0 Å². The van der Waals surface area contributed by atoms with Gasteiger partial charge in [0.15, 0.2) is 0 Å². The van der Waals surface area contributed by atoms with E-state index in [0.717, 1.165) is 27.2 Å². The molecule has 1 aliphatic heterocycles. The number of rotatable bonds is 4. The predicted molar refractivity (Wildman–Crippen MR) is 122 cm³/mol. The topological polar surface area (TPSA) is 74.8 Å². The molecule has 0 fully saturated rings. The molecule has 3 aromatic carbocycles. The van der Waals surface area contributed by atoms with Crippen LogP contribution >= 0.6 is 11.6 Å². The Hall–Kier alpha value is -3.38. The van der Waals surface area contributed by atoms with Crippen LogP contribution in [0.1, 0.15) is 22.0 Å². The number of alkyl halides is 1. The van der Waals surface area contributed by atoms with Crippen molar-refractivity contribution < 1.29 is 19.4 Å². The first-order valence-corrected chi connectivity index (χ1v) is 10.5. The number of fused-ring (bicyclic) bond motifs is 4. The first-order valence-electron chi connectivity index (χ1n) is 9.93. The van der Waals surface area contributed by atoms with Crippen LogP contribution in [0.5, 0.6) is 17.2 Å². The molecule has 6 nitrogen and oxygen atoms in total. The van der Waals surface area contributed by atoms with Crippen LogP contribution in [0.3, 0.4) is 0 Å². The van der Waals surface area contributed by atoms with Crippen molar-refractivity contribution in [1.29, 1.82) is 0 Å². The Morgan fingerprint density at radius 3 is 2.65 bits per heavy atom. The Labute approximate surface area is 183 Å². The molecular formula is C24H21ClN2O4. The minimum absolute atomic E-state index is 0.0230. The second-order valence-corrected chi connectivity index (χ2v) is 7.93. The number of phenols is 1. The zero-order valence-corrected chi connectivity index (χ0v) is 17.9. The van der Waals surface area contributed by atoms with Gasteiger partial charge in [0.2, 0.25) is 0 Å². The minimum atomic E-state index is -0.194. The van der Waals surface area contributed by atoms with Crippen molar-refractivity contribution in [2.24, 2.45) is 0 Å². The summed E-state index contributed by atoms with van der Waals surface area (Å²) in [4.78, 5) is 18.4. The summed E-state index contributed by atoms with van der Waals surface area (Å²) >= 11 is 6.29. The van der Waals surface area contributed by atoms with Crippen LogP contribution in [0.2, 0.25) is 0 Å². The van der Waals surface area contributed by atoms with E-state index in [9.17, 15) is 9.90 Å². The number of nitrogens with zero attached hydrogens (tertiary/aromatic N) is 1. The largest absolute Gasteiger partial charge is 0.507 e. The number of aromatic nitrogens is 1. The summed E-state index contributed by atoms with van der Waals surface area (Å²) in [5.41, 5.74) is 2.83. The van der Waals surface area contributed by atoms with Gasteiger partial charge in [-0.1, -0.05) is 24.3 Å². The molecule has 2 heterocycles. The fraction of sp³-hybridized carbons (Fsp3) is 0.208. The molecule has 0 radical (unpaired) electrons. The van der Waals surface area contributed by atoms with E-state index in [1.165, 1.54) is 0 Å². The van der Waals surface area contributed by atoms with Crippen molar-refractivity contribution in [3.63, 3.8) is 0 Å². The maximum atomic E-state index is 13.5. The number of methoxy groups -OCH3 is 2. The lowest BCUT2D eigenvalue weighted by molar-refractivity contribution is 0.0984. The number of carbonyl (C=O) groups excluding carboxylic acids is 1. The lowest BCUT2D eigenvalue weighted by atomic mass is 9.95. The van der Waals surface area contributed by atoms with Crippen LogP contribution in [-0.4, -0.2) is 42.6 Å². The molecule has 0 aliphatic carbocycles. The third-order valence-electron chi connectivity index (χ3n) is 5.93. The van der Waals surface area contributed by atoms with Gasteiger partial charge in [0.25, 0.3) is 5.91 Å². The maximum Gasteiger partial charge on any atom is 0.274 e. The van der Waals surface area contributed by atoms with Gasteiger partial charge in [-0.3, -0.25) is 4.79 Å². The summed E-state index contributed by atoms with van der Waals surface area (Å²) in [7, 11) is 3.16. The van der Waals surface area contributed by atoms with E-state index < -0.39 is 0 Å². The zero-order valence-electron chi connectivity index (χ0n) is 17.1. The third kappa shape index (κ3) is 2.98. The molecule has 0 spiro atoms. The molecule has 0 bridgehead atoms. The highest BCUT2D eigenvalue weighted by molar-refractivity contribution is 6.19. The molecule has 2 N–H and O–H groups in total. The molecule has 5 rings (SSSR count). The van der Waals surface area contributed by atoms with Crippen LogP contribution in [-0.2, 0) is 0 Å². The van der Waals surface area contributed by atoms with Crippen molar-refractivity contribution in [3.05, 3.63) is 59.8 Å². The van der Waals surface area contributed by atoms with Gasteiger partial charge in [0.1, 0.15) is 22.9 Å². The van der Waals surface area contributed by atoms with Crippen LogP contribution in [0.15, 0.2) is 48.5 Å². The molecule has 31 heavy (non-hydrogen) atoms. The number of carbonyl (C=O) groups is 1. The molecular weight excluding hydrogens is 416 g/mol. The van der Waals surface area contributed by atoms with E-state index in [0.29, 0.717) is 35.3 Å². The number of anilines is 1. The fourth-order valence-corrected chi connectivity index (χ4v) is 4.72. The van der Waals surface area contributed by atoms with Gasteiger partial charge in [-0.15, -0.1) is 11.6 Å². The molecule has 158 valence electrons. The summed E-state index contributed by atoms with van der Waals surface area (Å²) in [6, 6.07) is 14.7. The molecule has 1 aliphatic rings. The molecule has 1 amide bonds. The Bertz CT molecular complexity index is 1330. The smallest absolute Gasteiger partial charge is 0.274 e. The predicted octanol–water partition coefficient (Wildman–Crippen LogP) is 5.03. The Morgan fingerprint density at radius 1 is 1.16 bits per heavy atom. The second-order valence-electron chi connectivity index (χ2n) is 7.62. The summed E-state index contributed by atoms with van der Waals surface area (Å²) in [6.45, 7) is 0.445. The highest BCUT2D eigenvalue weighted by Crippen LogP contribution is 2.45. The molecule has 4 aromatic rings. The SMILES string of the molecule is COc1cc(OC)c2[nH]c(C(=O)N3CC(CCl)c4c3cc(O)c3ccccc43)cc2c1.